The number of benzene rings is 1. The van der Waals surface area contributed by atoms with E-state index in [2.05, 4.69) is 83.6 Å². The second-order valence-corrected chi connectivity index (χ2v) is 14.6. The number of carbonyl (C=O) groups excluding carboxylic acids is 1. The van der Waals surface area contributed by atoms with Gasteiger partial charge in [-0.15, -0.1) is 16.3 Å². The van der Waals surface area contributed by atoms with E-state index in [0.29, 0.717) is 25.7 Å². The first-order chi connectivity index (χ1) is 22.3. The van der Waals surface area contributed by atoms with Gasteiger partial charge in [0.2, 0.25) is 5.96 Å². The third kappa shape index (κ3) is 7.22. The molecule has 47 heavy (non-hydrogen) atoms. The number of nitrogens with one attached hydrogen (secondary N) is 1. The zero-order chi connectivity index (χ0) is 34.0. The summed E-state index contributed by atoms with van der Waals surface area (Å²) in [5.74, 6) is 0.498. The minimum Gasteiger partial charge on any atom is -0.465 e. The number of carboxylic acid groups (broad SMARTS) is 1. The number of amides is 1. The van der Waals surface area contributed by atoms with Gasteiger partial charge < -0.3 is 24.6 Å². The third-order valence-electron chi connectivity index (χ3n) is 9.13. The predicted octanol–water partition coefficient (Wildman–Crippen LogP) is 8.09. The number of hydrogen-bond acceptors (Lipinski definition) is 5. The first-order valence-corrected chi connectivity index (χ1v) is 17.3. The van der Waals surface area contributed by atoms with E-state index in [1.54, 1.807) is 23.7 Å². The number of guanidine groups is 1. The summed E-state index contributed by atoms with van der Waals surface area (Å²) >= 11 is 1.59. The van der Waals surface area contributed by atoms with Crippen LogP contribution >= 0.6 is 11.3 Å². The number of thiophene rings is 1. The number of likely N-dealkylation sites (tertiary alicyclic amines) is 1. The van der Waals surface area contributed by atoms with Crippen LogP contribution in [0.3, 0.4) is 0 Å². The molecule has 0 saturated carbocycles. The number of carbonyl (C=O) groups is 2. The highest BCUT2D eigenvalue weighted by Crippen LogP contribution is 2.43. The van der Waals surface area contributed by atoms with Crippen molar-refractivity contribution in [2.24, 2.45) is 4.99 Å². The fourth-order valence-corrected chi connectivity index (χ4v) is 7.91. The molecule has 0 spiro atoms. The van der Waals surface area contributed by atoms with E-state index in [0.717, 1.165) is 44.9 Å². The van der Waals surface area contributed by atoms with Gasteiger partial charge in [-0.3, -0.25) is 9.78 Å². The Morgan fingerprint density at radius 3 is 2.45 bits per heavy atom. The van der Waals surface area contributed by atoms with Gasteiger partial charge in [-0.05, 0) is 102 Å². The van der Waals surface area contributed by atoms with Crippen molar-refractivity contribution in [3.8, 4) is 11.3 Å². The van der Waals surface area contributed by atoms with Crippen LogP contribution < -0.4 is 0 Å². The molecule has 4 heterocycles. The van der Waals surface area contributed by atoms with Crippen LogP contribution in [0.4, 0.5) is 4.79 Å². The van der Waals surface area contributed by atoms with Gasteiger partial charge in [0.05, 0.1) is 17.7 Å². The minimum atomic E-state index is -1.20. The summed E-state index contributed by atoms with van der Waals surface area (Å²) in [5.41, 5.74) is 6.06. The molecule has 9 nitrogen and oxygen atoms in total. The Labute approximate surface area is 281 Å². The number of hydrogen-bond donors (Lipinski definition) is 2. The Balaban J connectivity index is 1.56. The van der Waals surface area contributed by atoms with E-state index < -0.39 is 11.5 Å². The molecule has 2 N–H and O–H groups in total. The lowest BCUT2D eigenvalue weighted by atomic mass is 9.89. The van der Waals surface area contributed by atoms with E-state index in [4.69, 9.17) is 4.74 Å². The Hall–Kier alpha value is -4.18. The summed E-state index contributed by atoms with van der Waals surface area (Å²) in [6, 6.07) is 12.8. The molecule has 1 fully saturated rings. The summed E-state index contributed by atoms with van der Waals surface area (Å²) in [5, 5.41) is 11.0. The molecule has 1 aliphatic rings. The molecule has 1 amide bonds. The number of nitrogens with zero attached hydrogens (tertiary/aromatic N) is 4. The average Bonchev–Trinajstić information content (AvgIpc) is 3.74. The molecule has 250 valence electrons. The maximum Gasteiger partial charge on any atom is 0.434 e. The molecule has 4 aromatic rings. The van der Waals surface area contributed by atoms with Crippen molar-refractivity contribution >= 4 is 39.6 Å². The lowest BCUT2D eigenvalue weighted by molar-refractivity contribution is -0.148. The molecule has 10 heteroatoms. The predicted molar refractivity (Wildman–Crippen MR) is 190 cm³/mol. The molecular formula is C37H47N5O4S. The molecule has 1 aromatic carbocycles. The highest BCUT2D eigenvalue weighted by Gasteiger charge is 2.36. The fourth-order valence-electron chi connectivity index (χ4n) is 6.74. The van der Waals surface area contributed by atoms with Gasteiger partial charge in [-0.1, -0.05) is 24.1 Å². The zero-order valence-electron chi connectivity index (χ0n) is 28.8. The average molecular weight is 658 g/mol. The van der Waals surface area contributed by atoms with Crippen molar-refractivity contribution in [2.75, 3.05) is 26.2 Å². The molecule has 3 aromatic heterocycles. The first kappa shape index (κ1) is 34.2. The fraction of sp³-hybridized carbons (Fsp3) is 0.459. The van der Waals surface area contributed by atoms with Gasteiger partial charge in [0.15, 0.2) is 0 Å². The number of aryl methyl sites for hydroxylation is 2. The number of aliphatic imine (C=N–C) groups is 1. The second kappa shape index (κ2) is 13.9. The first-order valence-electron chi connectivity index (χ1n) is 16.4. The van der Waals surface area contributed by atoms with Crippen LogP contribution in [0.5, 0.6) is 0 Å². The summed E-state index contributed by atoms with van der Waals surface area (Å²) in [7, 11) is 0. The van der Waals surface area contributed by atoms with Crippen molar-refractivity contribution in [1.29, 1.82) is 0 Å². The Bertz CT molecular complexity index is 1750. The van der Waals surface area contributed by atoms with E-state index in [9.17, 15) is 14.7 Å². The zero-order valence-corrected chi connectivity index (χ0v) is 29.6. The lowest BCUT2D eigenvalue weighted by Gasteiger charge is -2.36. The number of fused-ring (bicyclic) bond motifs is 1. The van der Waals surface area contributed by atoms with Crippen LogP contribution in [0.2, 0.25) is 0 Å². The number of H-pyrrole nitrogens is 1. The van der Waals surface area contributed by atoms with Gasteiger partial charge in [-0.25, -0.2) is 4.79 Å². The minimum absolute atomic E-state index is 0.00425. The van der Waals surface area contributed by atoms with Gasteiger partial charge in [-0.2, -0.15) is 0 Å². The molecular weight excluding hydrogens is 611 g/mol. The topological polar surface area (TPSA) is 111 Å². The maximum absolute atomic E-state index is 13.0. The van der Waals surface area contributed by atoms with E-state index in [1.807, 2.05) is 32.9 Å². The van der Waals surface area contributed by atoms with Crippen molar-refractivity contribution < 1.29 is 19.4 Å². The number of ether oxygens (including phenoxy) is 1. The quantitative estimate of drug-likeness (QED) is 0.106. The van der Waals surface area contributed by atoms with E-state index in [1.165, 1.54) is 16.7 Å². The summed E-state index contributed by atoms with van der Waals surface area (Å²) in [6.07, 6.45) is 3.32. The van der Waals surface area contributed by atoms with Crippen molar-refractivity contribution in [2.45, 2.75) is 85.1 Å². The van der Waals surface area contributed by atoms with Crippen LogP contribution in [0.25, 0.3) is 21.5 Å². The van der Waals surface area contributed by atoms with Crippen LogP contribution in [-0.2, 0) is 14.9 Å². The highest BCUT2D eigenvalue weighted by molar-refractivity contribution is 7.19. The third-order valence-corrected chi connectivity index (χ3v) is 10.5. The van der Waals surface area contributed by atoms with Gasteiger partial charge in [0.25, 0.3) is 0 Å². The van der Waals surface area contributed by atoms with Crippen LogP contribution in [0, 0.1) is 13.8 Å². The summed E-state index contributed by atoms with van der Waals surface area (Å²) < 4.78 is 5.43. The van der Waals surface area contributed by atoms with Crippen LogP contribution in [0.1, 0.15) is 86.9 Å². The molecule has 2 atom stereocenters. The molecule has 0 bridgehead atoms. The van der Waals surface area contributed by atoms with Crippen molar-refractivity contribution in [3.63, 3.8) is 0 Å². The standard InChI is InChI=1S/C37H47N5O4S/c1-9-46-34(43)37(7,8)30-19-29-31(32(39-33(29)47-30)28-17-23(4)16-24(5)18-28)25(6)20-42(22(2)3)35(40-36(44)45)41-15-12-27(21-41)26-10-13-38-14-11-26/h10-11,13-14,16-19,22,25,27,39H,9,12,15,20-21H2,1-8H3,(H,44,45)/t25-,27?/m0/s1. The van der Waals surface area contributed by atoms with Gasteiger partial charge in [0.1, 0.15) is 4.83 Å². The SMILES string of the molecule is CCOC(=O)C(C)(C)c1cc2c([C@@H](C)CN(C(=NC(=O)O)N3CCC(c4ccncc4)C3)C(C)C)c(-c3cc(C)cc(C)c3)[nH]c2s1. The number of esters is 1. The summed E-state index contributed by atoms with van der Waals surface area (Å²) in [6.45, 7) is 18.5. The number of aromatic nitrogens is 2. The molecule has 1 saturated heterocycles. The second-order valence-electron chi connectivity index (χ2n) is 13.5. The molecule has 5 rings (SSSR count). The number of aromatic amines is 1. The number of pyridine rings is 1. The van der Waals surface area contributed by atoms with Crippen LogP contribution in [0.15, 0.2) is 53.8 Å². The van der Waals surface area contributed by atoms with E-state index in [-0.39, 0.29) is 23.8 Å². The highest BCUT2D eigenvalue weighted by atomic mass is 32.1. The monoisotopic (exact) mass is 657 g/mol. The summed E-state index contributed by atoms with van der Waals surface area (Å²) in [4.78, 5) is 43.4. The van der Waals surface area contributed by atoms with Gasteiger partial charge >= 0.3 is 12.1 Å². The van der Waals surface area contributed by atoms with Crippen molar-refractivity contribution in [3.05, 3.63) is 75.9 Å². The largest absolute Gasteiger partial charge is 0.465 e. The maximum atomic E-state index is 13.0. The Kier molecular flexibility index (Phi) is 10.1. The van der Waals surface area contributed by atoms with Crippen molar-refractivity contribution in [1.82, 2.24) is 19.8 Å². The Morgan fingerprint density at radius 1 is 1.15 bits per heavy atom. The molecule has 1 unspecified atom stereocenters. The normalized spacial score (nSPS) is 16.2. The van der Waals surface area contributed by atoms with Crippen LogP contribution in [-0.4, -0.2) is 75.2 Å². The smallest absolute Gasteiger partial charge is 0.434 e. The lowest BCUT2D eigenvalue weighted by Crippen LogP contribution is -2.48. The van der Waals surface area contributed by atoms with Gasteiger partial charge in [0, 0.05) is 60.2 Å². The number of rotatable bonds is 9. The molecule has 1 aliphatic heterocycles. The van der Waals surface area contributed by atoms with E-state index >= 15 is 0 Å². The molecule has 0 aliphatic carbocycles. The molecule has 0 radical (unpaired) electrons. The Morgan fingerprint density at radius 2 is 1.83 bits per heavy atom.